The number of thiophene rings is 1. The lowest BCUT2D eigenvalue weighted by molar-refractivity contribution is 0.568. The van der Waals surface area contributed by atoms with Crippen LogP contribution in [0.4, 0.5) is 5.69 Å². The van der Waals surface area contributed by atoms with E-state index >= 15 is 0 Å². The van der Waals surface area contributed by atoms with Gasteiger partial charge in [0.2, 0.25) is 10.0 Å². The molecular formula is C12H13ClN2O2S2. The van der Waals surface area contributed by atoms with Crippen LogP contribution >= 0.6 is 22.9 Å². The number of rotatable bonds is 4. The number of halogens is 1. The molecule has 0 aliphatic carbocycles. The van der Waals surface area contributed by atoms with Gasteiger partial charge in [-0.1, -0.05) is 17.7 Å². The van der Waals surface area contributed by atoms with Crippen LogP contribution in [0.3, 0.4) is 0 Å². The van der Waals surface area contributed by atoms with Crippen LogP contribution in [0.25, 0.3) is 0 Å². The van der Waals surface area contributed by atoms with E-state index in [1.807, 2.05) is 17.5 Å². The van der Waals surface area contributed by atoms with Crippen molar-refractivity contribution in [3.63, 3.8) is 0 Å². The lowest BCUT2D eigenvalue weighted by Gasteiger charge is -2.13. The summed E-state index contributed by atoms with van der Waals surface area (Å²) in [5.74, 6) is 0. The Balaban J connectivity index is 2.25. The van der Waals surface area contributed by atoms with Crippen LogP contribution in [-0.4, -0.2) is 8.42 Å². The third-order valence-electron chi connectivity index (χ3n) is 2.58. The summed E-state index contributed by atoms with van der Waals surface area (Å²) in [6, 6.07) is 7.73. The van der Waals surface area contributed by atoms with Gasteiger partial charge in [-0.25, -0.2) is 13.1 Å². The number of anilines is 1. The molecule has 1 aromatic carbocycles. The molecule has 0 amide bonds. The Hall–Kier alpha value is -1.08. The molecule has 0 saturated heterocycles. The van der Waals surface area contributed by atoms with Crippen molar-refractivity contribution in [3.05, 3.63) is 45.6 Å². The first-order chi connectivity index (χ1) is 8.90. The molecule has 1 aromatic heterocycles. The maximum absolute atomic E-state index is 12.2. The normalized spacial score (nSPS) is 13.4. The number of benzene rings is 1. The predicted molar refractivity (Wildman–Crippen MR) is 78.9 cm³/mol. The topological polar surface area (TPSA) is 72.2 Å². The number of sulfonamides is 1. The maximum atomic E-state index is 12.2. The molecule has 0 saturated carbocycles. The summed E-state index contributed by atoms with van der Waals surface area (Å²) in [4.78, 5) is 1.06. The minimum atomic E-state index is -3.61. The standard InChI is InChI=1S/C12H13ClN2O2S2/c1-8(12-3-2-6-18-12)15-19(16,17)9-4-5-10(13)11(14)7-9/h2-8,15H,14H2,1H3. The largest absolute Gasteiger partial charge is 0.397 e. The molecule has 0 fully saturated rings. The van der Waals surface area contributed by atoms with Crippen molar-refractivity contribution in [3.8, 4) is 0 Å². The van der Waals surface area contributed by atoms with Crippen molar-refractivity contribution >= 4 is 38.6 Å². The third-order valence-corrected chi connectivity index (χ3v) is 5.52. The van der Waals surface area contributed by atoms with E-state index < -0.39 is 10.0 Å². The van der Waals surface area contributed by atoms with Gasteiger partial charge in [-0.3, -0.25) is 0 Å². The van der Waals surface area contributed by atoms with Crippen LogP contribution < -0.4 is 10.5 Å². The Morgan fingerprint density at radius 3 is 2.68 bits per heavy atom. The van der Waals surface area contributed by atoms with Crippen molar-refractivity contribution in [1.82, 2.24) is 4.72 Å². The average Bonchev–Trinajstić information content (AvgIpc) is 2.85. The third kappa shape index (κ3) is 3.27. The van der Waals surface area contributed by atoms with Crippen molar-refractivity contribution in [2.24, 2.45) is 0 Å². The van der Waals surface area contributed by atoms with Crippen LogP contribution in [0.2, 0.25) is 5.02 Å². The zero-order valence-corrected chi connectivity index (χ0v) is 12.5. The van der Waals surface area contributed by atoms with Gasteiger partial charge in [0.25, 0.3) is 0 Å². The second kappa shape index (κ2) is 5.50. The second-order valence-electron chi connectivity index (χ2n) is 4.04. The number of nitrogens with two attached hydrogens (primary N) is 1. The van der Waals surface area contributed by atoms with Crippen molar-refractivity contribution in [2.75, 3.05) is 5.73 Å². The van der Waals surface area contributed by atoms with E-state index in [0.29, 0.717) is 5.02 Å². The molecule has 0 bridgehead atoms. The predicted octanol–water partition coefficient (Wildman–Crippen LogP) is 3.02. The summed E-state index contributed by atoms with van der Waals surface area (Å²) in [5.41, 5.74) is 5.86. The SMILES string of the molecule is CC(NS(=O)(=O)c1ccc(Cl)c(N)c1)c1cccs1. The Morgan fingerprint density at radius 1 is 1.37 bits per heavy atom. The average molecular weight is 317 g/mol. The van der Waals surface area contributed by atoms with Gasteiger partial charge in [0.1, 0.15) is 0 Å². The number of hydrogen-bond donors (Lipinski definition) is 2. The lowest BCUT2D eigenvalue weighted by Crippen LogP contribution is -2.26. The van der Waals surface area contributed by atoms with Crippen LogP contribution in [0.5, 0.6) is 0 Å². The first kappa shape index (κ1) is 14.3. The van der Waals surface area contributed by atoms with Crippen LogP contribution in [-0.2, 0) is 10.0 Å². The summed E-state index contributed by atoms with van der Waals surface area (Å²) in [5, 5.41) is 2.24. The first-order valence-corrected chi connectivity index (χ1v) is 8.25. The van der Waals surface area contributed by atoms with E-state index in [0.717, 1.165) is 4.88 Å². The van der Waals surface area contributed by atoms with E-state index in [-0.39, 0.29) is 16.6 Å². The molecule has 3 N–H and O–H groups in total. The Labute approximate surface area is 121 Å². The van der Waals surface area contributed by atoms with E-state index in [2.05, 4.69) is 4.72 Å². The lowest BCUT2D eigenvalue weighted by atomic mass is 10.3. The highest BCUT2D eigenvalue weighted by molar-refractivity contribution is 7.89. The number of nitrogen functional groups attached to an aromatic ring is 1. The molecule has 1 unspecified atom stereocenters. The molecule has 0 aliphatic rings. The molecule has 0 aliphatic heterocycles. The second-order valence-corrected chi connectivity index (χ2v) is 7.14. The van der Waals surface area contributed by atoms with Crippen molar-refractivity contribution in [2.45, 2.75) is 17.9 Å². The summed E-state index contributed by atoms with van der Waals surface area (Å²) in [7, 11) is -3.61. The Kier molecular flexibility index (Phi) is 4.15. The zero-order chi connectivity index (χ0) is 14.0. The van der Waals surface area contributed by atoms with Gasteiger partial charge in [-0.05, 0) is 36.6 Å². The molecule has 0 spiro atoms. The Bertz CT molecular complexity index is 669. The molecule has 2 rings (SSSR count). The quantitative estimate of drug-likeness (QED) is 0.852. The minimum Gasteiger partial charge on any atom is -0.397 e. The summed E-state index contributed by atoms with van der Waals surface area (Å²) in [6.45, 7) is 1.79. The maximum Gasteiger partial charge on any atom is 0.241 e. The molecule has 7 heteroatoms. The van der Waals surface area contributed by atoms with Gasteiger partial charge in [0.05, 0.1) is 21.6 Å². The monoisotopic (exact) mass is 316 g/mol. The summed E-state index contributed by atoms with van der Waals surface area (Å²) < 4.78 is 27.0. The molecule has 19 heavy (non-hydrogen) atoms. The zero-order valence-electron chi connectivity index (χ0n) is 10.1. The van der Waals surface area contributed by atoms with Gasteiger partial charge in [0, 0.05) is 4.88 Å². The summed E-state index contributed by atoms with van der Waals surface area (Å²) in [6.07, 6.45) is 0. The minimum absolute atomic E-state index is 0.109. The van der Waals surface area contributed by atoms with Gasteiger partial charge in [-0.2, -0.15) is 0 Å². The van der Waals surface area contributed by atoms with Crippen molar-refractivity contribution < 1.29 is 8.42 Å². The van der Waals surface area contributed by atoms with Crippen LogP contribution in [0.15, 0.2) is 40.6 Å². The molecule has 1 atom stereocenters. The smallest absolute Gasteiger partial charge is 0.241 e. The highest BCUT2D eigenvalue weighted by atomic mass is 35.5. The molecular weight excluding hydrogens is 304 g/mol. The van der Waals surface area contributed by atoms with Crippen molar-refractivity contribution in [1.29, 1.82) is 0 Å². The number of nitrogens with one attached hydrogen (secondary N) is 1. The van der Waals surface area contributed by atoms with E-state index in [9.17, 15) is 8.42 Å². The first-order valence-electron chi connectivity index (χ1n) is 5.51. The van der Waals surface area contributed by atoms with Gasteiger partial charge in [-0.15, -0.1) is 11.3 Å². The van der Waals surface area contributed by atoms with Gasteiger partial charge in [0.15, 0.2) is 0 Å². The molecule has 102 valence electrons. The molecule has 0 radical (unpaired) electrons. The van der Waals surface area contributed by atoms with E-state index in [4.69, 9.17) is 17.3 Å². The van der Waals surface area contributed by atoms with Crippen LogP contribution in [0.1, 0.15) is 17.8 Å². The summed E-state index contributed by atoms with van der Waals surface area (Å²) >= 11 is 7.28. The fourth-order valence-electron chi connectivity index (χ4n) is 1.59. The Morgan fingerprint density at radius 2 is 2.11 bits per heavy atom. The van der Waals surface area contributed by atoms with Gasteiger partial charge < -0.3 is 5.73 Å². The molecule has 4 nitrogen and oxygen atoms in total. The van der Waals surface area contributed by atoms with E-state index in [1.54, 1.807) is 6.92 Å². The van der Waals surface area contributed by atoms with Crippen LogP contribution in [0, 0.1) is 0 Å². The number of hydrogen-bond acceptors (Lipinski definition) is 4. The highest BCUT2D eigenvalue weighted by Crippen LogP contribution is 2.24. The fraction of sp³-hybridized carbons (Fsp3) is 0.167. The van der Waals surface area contributed by atoms with Gasteiger partial charge >= 0.3 is 0 Å². The van der Waals surface area contributed by atoms with E-state index in [1.165, 1.54) is 29.5 Å². The molecule has 1 heterocycles. The fourth-order valence-corrected chi connectivity index (χ4v) is 3.77. The molecule has 2 aromatic rings. The highest BCUT2D eigenvalue weighted by Gasteiger charge is 2.19.